The Kier molecular flexibility index (Phi) is 5.74. The fourth-order valence-corrected chi connectivity index (χ4v) is 1.56. The second kappa shape index (κ2) is 7.32. The van der Waals surface area contributed by atoms with Gasteiger partial charge in [0.25, 0.3) is 5.69 Å². The molecule has 0 heterocycles. The zero-order valence-electron chi connectivity index (χ0n) is 11.0. The number of amides is 2. The van der Waals surface area contributed by atoms with E-state index in [-0.39, 0.29) is 11.7 Å². The van der Waals surface area contributed by atoms with Gasteiger partial charge in [-0.25, -0.2) is 4.79 Å². The summed E-state index contributed by atoms with van der Waals surface area (Å²) in [6.45, 7) is 3.34. The van der Waals surface area contributed by atoms with Crippen molar-refractivity contribution >= 4 is 17.4 Å². The van der Waals surface area contributed by atoms with Crippen molar-refractivity contribution in [2.75, 3.05) is 25.5 Å². The van der Waals surface area contributed by atoms with Crippen molar-refractivity contribution in [3.8, 4) is 0 Å². The van der Waals surface area contributed by atoms with Gasteiger partial charge in [0.2, 0.25) is 0 Å². The van der Waals surface area contributed by atoms with Crippen molar-refractivity contribution in [3.63, 3.8) is 0 Å². The van der Waals surface area contributed by atoms with Gasteiger partial charge in [-0.3, -0.25) is 10.1 Å². The number of rotatable bonds is 6. The second-order valence-electron chi connectivity index (χ2n) is 4.31. The van der Waals surface area contributed by atoms with E-state index in [0.717, 1.165) is 6.54 Å². The third-order valence-corrected chi connectivity index (χ3v) is 2.48. The lowest BCUT2D eigenvalue weighted by Crippen LogP contribution is -2.35. The van der Waals surface area contributed by atoms with Crippen LogP contribution in [0.15, 0.2) is 24.3 Å². The van der Waals surface area contributed by atoms with Crippen molar-refractivity contribution in [1.29, 1.82) is 0 Å². The third-order valence-electron chi connectivity index (χ3n) is 2.48. The molecule has 0 fully saturated rings. The first-order valence-electron chi connectivity index (χ1n) is 5.97. The number of anilines is 1. The number of urea groups is 1. The number of non-ortho nitro benzene ring substituents is 1. The summed E-state index contributed by atoms with van der Waals surface area (Å²) in [7, 11) is 1.85. The van der Waals surface area contributed by atoms with Gasteiger partial charge in [-0.2, -0.15) is 0 Å². The molecule has 2 amide bonds. The van der Waals surface area contributed by atoms with Crippen molar-refractivity contribution in [3.05, 3.63) is 34.4 Å². The SMILES string of the molecule is CNCC(C)CNC(=O)Nc1cccc([N+](=O)[O-])c1. The van der Waals surface area contributed by atoms with E-state index in [1.165, 1.54) is 18.2 Å². The van der Waals surface area contributed by atoms with Crippen molar-refractivity contribution in [1.82, 2.24) is 10.6 Å². The van der Waals surface area contributed by atoms with E-state index in [2.05, 4.69) is 16.0 Å². The molecule has 1 aromatic carbocycles. The Morgan fingerprint density at radius 1 is 1.42 bits per heavy atom. The van der Waals surface area contributed by atoms with Crippen LogP contribution in [-0.2, 0) is 0 Å². The maximum Gasteiger partial charge on any atom is 0.319 e. The van der Waals surface area contributed by atoms with Crippen LogP contribution in [0.3, 0.4) is 0 Å². The van der Waals surface area contributed by atoms with Crippen LogP contribution in [0.4, 0.5) is 16.2 Å². The van der Waals surface area contributed by atoms with Crippen LogP contribution >= 0.6 is 0 Å². The zero-order chi connectivity index (χ0) is 14.3. The summed E-state index contributed by atoms with van der Waals surface area (Å²) in [5.74, 6) is 0.306. The predicted molar refractivity (Wildman–Crippen MR) is 73.2 cm³/mol. The summed E-state index contributed by atoms with van der Waals surface area (Å²) in [6, 6.07) is 5.44. The first-order valence-corrected chi connectivity index (χ1v) is 5.97. The van der Waals surface area contributed by atoms with Gasteiger partial charge in [0, 0.05) is 24.4 Å². The maximum absolute atomic E-state index is 11.6. The molecule has 0 spiro atoms. The first-order chi connectivity index (χ1) is 9.02. The van der Waals surface area contributed by atoms with Gasteiger partial charge in [0.05, 0.1) is 4.92 Å². The summed E-state index contributed by atoms with van der Waals surface area (Å²) in [5, 5.41) is 18.9. The molecule has 19 heavy (non-hydrogen) atoms. The average molecular weight is 266 g/mol. The molecule has 0 aromatic heterocycles. The maximum atomic E-state index is 11.6. The molecule has 0 saturated heterocycles. The summed E-state index contributed by atoms with van der Waals surface area (Å²) < 4.78 is 0. The first kappa shape index (κ1) is 14.9. The molecular weight excluding hydrogens is 248 g/mol. The van der Waals surface area contributed by atoms with Crippen LogP contribution in [0.1, 0.15) is 6.92 Å². The van der Waals surface area contributed by atoms with Crippen LogP contribution in [0.2, 0.25) is 0 Å². The predicted octanol–water partition coefficient (Wildman–Crippen LogP) is 1.57. The van der Waals surface area contributed by atoms with Gasteiger partial charge in [-0.15, -0.1) is 0 Å². The number of nitrogens with one attached hydrogen (secondary N) is 3. The highest BCUT2D eigenvalue weighted by molar-refractivity contribution is 5.89. The van der Waals surface area contributed by atoms with Crippen LogP contribution in [0.5, 0.6) is 0 Å². The van der Waals surface area contributed by atoms with Gasteiger partial charge >= 0.3 is 6.03 Å². The zero-order valence-corrected chi connectivity index (χ0v) is 11.0. The lowest BCUT2D eigenvalue weighted by atomic mass is 10.2. The number of nitrogens with zero attached hydrogens (tertiary/aromatic N) is 1. The Hall–Kier alpha value is -2.15. The molecule has 1 atom stereocenters. The monoisotopic (exact) mass is 266 g/mol. The lowest BCUT2D eigenvalue weighted by Gasteiger charge is -2.12. The van der Waals surface area contributed by atoms with Crippen molar-refractivity contribution in [2.45, 2.75) is 6.92 Å². The van der Waals surface area contributed by atoms with Gasteiger partial charge < -0.3 is 16.0 Å². The highest BCUT2D eigenvalue weighted by Crippen LogP contribution is 2.16. The molecule has 0 aliphatic rings. The highest BCUT2D eigenvalue weighted by atomic mass is 16.6. The molecule has 1 rings (SSSR count). The third kappa shape index (κ3) is 5.35. The summed E-state index contributed by atoms with van der Waals surface area (Å²) >= 11 is 0. The molecule has 0 radical (unpaired) electrons. The molecule has 7 heteroatoms. The van der Waals surface area contributed by atoms with Gasteiger partial charge in [0.15, 0.2) is 0 Å². The molecule has 3 N–H and O–H groups in total. The minimum absolute atomic E-state index is 0.0543. The van der Waals surface area contributed by atoms with E-state index < -0.39 is 4.92 Å². The number of nitro benzene ring substituents is 1. The van der Waals surface area contributed by atoms with E-state index in [9.17, 15) is 14.9 Å². The van der Waals surface area contributed by atoms with Crippen LogP contribution in [-0.4, -0.2) is 31.1 Å². The Balaban J connectivity index is 2.48. The van der Waals surface area contributed by atoms with E-state index in [1.54, 1.807) is 6.07 Å². The molecule has 0 aliphatic carbocycles. The number of carbonyl (C=O) groups is 1. The lowest BCUT2D eigenvalue weighted by molar-refractivity contribution is -0.384. The van der Waals surface area contributed by atoms with Crippen LogP contribution < -0.4 is 16.0 Å². The van der Waals surface area contributed by atoms with E-state index >= 15 is 0 Å². The number of benzene rings is 1. The molecular formula is C12H18N4O3. The molecule has 1 unspecified atom stereocenters. The molecule has 7 nitrogen and oxygen atoms in total. The largest absolute Gasteiger partial charge is 0.338 e. The summed E-state index contributed by atoms with van der Waals surface area (Å²) in [4.78, 5) is 21.7. The molecule has 0 saturated carbocycles. The Labute approximate surface area is 111 Å². The van der Waals surface area contributed by atoms with Crippen LogP contribution in [0.25, 0.3) is 0 Å². The fourth-order valence-electron chi connectivity index (χ4n) is 1.56. The van der Waals surface area contributed by atoms with Gasteiger partial charge in [0.1, 0.15) is 0 Å². The normalized spacial score (nSPS) is 11.7. The number of hydrogen-bond donors (Lipinski definition) is 3. The summed E-state index contributed by atoms with van der Waals surface area (Å²) in [6.07, 6.45) is 0. The smallest absolute Gasteiger partial charge is 0.319 e. The molecule has 0 bridgehead atoms. The van der Waals surface area contributed by atoms with E-state index in [1.807, 2.05) is 14.0 Å². The van der Waals surface area contributed by atoms with Crippen LogP contribution in [0, 0.1) is 16.0 Å². The van der Waals surface area contributed by atoms with E-state index in [4.69, 9.17) is 0 Å². The molecule has 0 aliphatic heterocycles. The quantitative estimate of drug-likeness (QED) is 0.538. The molecule has 1 aromatic rings. The topological polar surface area (TPSA) is 96.3 Å². The summed E-state index contributed by atoms with van der Waals surface area (Å²) in [5.41, 5.74) is 0.342. The average Bonchev–Trinajstić information content (AvgIpc) is 2.37. The van der Waals surface area contributed by atoms with Gasteiger partial charge in [-0.05, 0) is 25.6 Å². The van der Waals surface area contributed by atoms with Crippen molar-refractivity contribution < 1.29 is 9.72 Å². The Bertz CT molecular complexity index is 450. The minimum Gasteiger partial charge on any atom is -0.338 e. The highest BCUT2D eigenvalue weighted by Gasteiger charge is 2.08. The number of hydrogen-bond acceptors (Lipinski definition) is 4. The minimum atomic E-state index is -0.502. The van der Waals surface area contributed by atoms with Crippen molar-refractivity contribution in [2.24, 2.45) is 5.92 Å². The van der Waals surface area contributed by atoms with Gasteiger partial charge in [-0.1, -0.05) is 13.0 Å². The Morgan fingerprint density at radius 3 is 2.79 bits per heavy atom. The number of nitro groups is 1. The number of carbonyl (C=O) groups excluding carboxylic acids is 1. The molecule has 104 valence electrons. The van der Waals surface area contributed by atoms with E-state index in [0.29, 0.717) is 18.2 Å². The fraction of sp³-hybridized carbons (Fsp3) is 0.417. The standard InChI is InChI=1S/C12H18N4O3/c1-9(7-13-2)8-14-12(17)15-10-4-3-5-11(6-10)16(18)19/h3-6,9,13H,7-8H2,1-2H3,(H2,14,15,17). The second-order valence-corrected chi connectivity index (χ2v) is 4.31. The Morgan fingerprint density at radius 2 is 2.16 bits per heavy atom.